The van der Waals surface area contributed by atoms with Crippen LogP contribution in [0.15, 0.2) is 12.5 Å². The molecular formula is C12H16N4O. The van der Waals surface area contributed by atoms with Gasteiger partial charge in [0.25, 0.3) is 0 Å². The van der Waals surface area contributed by atoms with E-state index in [0.29, 0.717) is 5.82 Å². The first-order valence-electron chi connectivity index (χ1n) is 5.39. The van der Waals surface area contributed by atoms with Gasteiger partial charge in [-0.25, -0.2) is 9.97 Å². The molecule has 3 N–H and O–H groups in total. The van der Waals surface area contributed by atoms with Gasteiger partial charge in [0.1, 0.15) is 24.4 Å². The maximum absolute atomic E-state index is 8.63. The lowest BCUT2D eigenvalue weighted by molar-refractivity contribution is 0.350. The summed E-state index contributed by atoms with van der Waals surface area (Å²) >= 11 is 0. The van der Waals surface area contributed by atoms with Crippen molar-refractivity contribution >= 4 is 16.9 Å². The Bertz CT molecular complexity index is 563. The van der Waals surface area contributed by atoms with Crippen LogP contribution in [0.4, 0.5) is 5.82 Å². The minimum absolute atomic E-state index is 0.177. The summed E-state index contributed by atoms with van der Waals surface area (Å²) in [6.07, 6.45) is 3.24. The Labute approximate surface area is 100 Å². The van der Waals surface area contributed by atoms with Crippen LogP contribution in [-0.2, 0) is 7.05 Å². The van der Waals surface area contributed by atoms with Crippen molar-refractivity contribution in [2.24, 2.45) is 7.05 Å². The molecule has 5 heteroatoms. The number of aliphatic hydroxyl groups is 1. The van der Waals surface area contributed by atoms with Gasteiger partial charge in [-0.15, -0.1) is 0 Å². The molecule has 0 atom stereocenters. The number of hydrogen-bond acceptors (Lipinski definition) is 4. The molecule has 0 aliphatic carbocycles. The van der Waals surface area contributed by atoms with Crippen LogP contribution in [-0.4, -0.2) is 26.2 Å². The Morgan fingerprint density at radius 3 is 2.76 bits per heavy atom. The van der Waals surface area contributed by atoms with E-state index < -0.39 is 0 Å². The average Bonchev–Trinajstić information content (AvgIpc) is 2.68. The quantitative estimate of drug-likeness (QED) is 0.662. The molecular weight excluding hydrogens is 216 g/mol. The summed E-state index contributed by atoms with van der Waals surface area (Å²) in [7, 11) is 1.86. The van der Waals surface area contributed by atoms with E-state index in [2.05, 4.69) is 21.8 Å². The number of fused-ring (bicyclic) bond motifs is 1. The van der Waals surface area contributed by atoms with E-state index in [1.165, 1.54) is 6.33 Å². The molecule has 90 valence electrons. The Morgan fingerprint density at radius 1 is 1.41 bits per heavy atom. The van der Waals surface area contributed by atoms with Crippen molar-refractivity contribution < 1.29 is 5.11 Å². The van der Waals surface area contributed by atoms with Crippen molar-refractivity contribution in [2.45, 2.75) is 13.8 Å². The summed E-state index contributed by atoms with van der Waals surface area (Å²) in [4.78, 5) is 8.02. The highest BCUT2D eigenvalue weighted by Gasteiger charge is 2.09. The largest absolute Gasteiger partial charge is 0.384 e. The molecule has 5 nitrogen and oxygen atoms in total. The van der Waals surface area contributed by atoms with Crippen molar-refractivity contribution in [2.75, 3.05) is 12.3 Å². The molecule has 0 spiro atoms. The first kappa shape index (κ1) is 13.0. The second kappa shape index (κ2) is 5.87. The van der Waals surface area contributed by atoms with E-state index >= 15 is 0 Å². The van der Waals surface area contributed by atoms with Crippen molar-refractivity contribution in [3.8, 4) is 11.8 Å². The van der Waals surface area contributed by atoms with Crippen LogP contribution < -0.4 is 5.73 Å². The minimum atomic E-state index is -0.177. The highest BCUT2D eigenvalue weighted by molar-refractivity contribution is 5.92. The molecule has 0 aliphatic rings. The highest BCUT2D eigenvalue weighted by Crippen LogP contribution is 2.21. The molecule has 0 amide bonds. The molecule has 2 aromatic rings. The zero-order chi connectivity index (χ0) is 12.8. The van der Waals surface area contributed by atoms with Gasteiger partial charge in [-0.3, -0.25) is 0 Å². The molecule has 2 rings (SSSR count). The maximum Gasteiger partial charge on any atom is 0.146 e. The molecule has 0 bridgehead atoms. The second-order valence-corrected chi connectivity index (χ2v) is 3.07. The van der Waals surface area contributed by atoms with E-state index in [9.17, 15) is 0 Å². The monoisotopic (exact) mass is 232 g/mol. The number of rotatable bonds is 0. The third kappa shape index (κ3) is 2.55. The highest BCUT2D eigenvalue weighted by atomic mass is 16.2. The second-order valence-electron chi connectivity index (χ2n) is 3.07. The molecule has 0 aromatic carbocycles. The molecule has 0 saturated carbocycles. The topological polar surface area (TPSA) is 77.0 Å². The van der Waals surface area contributed by atoms with Gasteiger partial charge in [0.15, 0.2) is 0 Å². The number of nitrogens with zero attached hydrogens (tertiary/aromatic N) is 3. The molecule has 0 saturated heterocycles. The number of nitrogens with two attached hydrogens (primary N) is 1. The van der Waals surface area contributed by atoms with Gasteiger partial charge < -0.3 is 15.4 Å². The van der Waals surface area contributed by atoms with Crippen molar-refractivity contribution in [1.29, 1.82) is 0 Å². The zero-order valence-electron chi connectivity index (χ0n) is 10.2. The molecule has 0 radical (unpaired) electrons. The van der Waals surface area contributed by atoms with E-state index in [1.54, 1.807) is 0 Å². The van der Waals surface area contributed by atoms with Gasteiger partial charge in [0.05, 0.1) is 10.9 Å². The lowest BCUT2D eigenvalue weighted by Gasteiger charge is -1.95. The Hall–Kier alpha value is -2.06. The van der Waals surface area contributed by atoms with Gasteiger partial charge in [0.2, 0.25) is 0 Å². The number of aromatic nitrogens is 3. The van der Waals surface area contributed by atoms with Crippen LogP contribution in [0.5, 0.6) is 0 Å². The Balaban J connectivity index is 0.000000686. The molecule has 0 fully saturated rings. The summed E-state index contributed by atoms with van der Waals surface area (Å²) in [5.41, 5.74) is 7.22. The van der Waals surface area contributed by atoms with E-state index in [1.807, 2.05) is 31.7 Å². The van der Waals surface area contributed by atoms with Crippen LogP contribution >= 0.6 is 0 Å². The number of aryl methyl sites for hydroxylation is 1. The van der Waals surface area contributed by atoms with Gasteiger partial charge in [-0.2, -0.15) is 0 Å². The average molecular weight is 232 g/mol. The molecule has 0 unspecified atom stereocenters. The summed E-state index contributed by atoms with van der Waals surface area (Å²) in [6.45, 7) is 3.82. The van der Waals surface area contributed by atoms with Crippen molar-refractivity contribution in [3.63, 3.8) is 0 Å². The Kier molecular flexibility index (Phi) is 4.49. The van der Waals surface area contributed by atoms with E-state index in [4.69, 9.17) is 10.8 Å². The Morgan fingerprint density at radius 2 is 2.12 bits per heavy atom. The summed E-state index contributed by atoms with van der Waals surface area (Å²) in [5, 5.41) is 9.37. The number of hydrogen-bond donors (Lipinski definition) is 2. The molecule has 2 heterocycles. The SMILES string of the molecule is CC.Cn1cc(C#CCO)c2c(N)ncnc21. The maximum atomic E-state index is 8.63. The fourth-order valence-electron chi connectivity index (χ4n) is 1.46. The van der Waals surface area contributed by atoms with Crippen LogP contribution in [0.2, 0.25) is 0 Å². The third-order valence-electron chi connectivity index (χ3n) is 2.08. The molecule has 0 aliphatic heterocycles. The van der Waals surface area contributed by atoms with E-state index in [0.717, 1.165) is 16.6 Å². The van der Waals surface area contributed by atoms with E-state index in [-0.39, 0.29) is 6.61 Å². The zero-order valence-corrected chi connectivity index (χ0v) is 10.2. The molecule has 2 aromatic heterocycles. The van der Waals surface area contributed by atoms with Gasteiger partial charge in [0, 0.05) is 13.2 Å². The van der Waals surface area contributed by atoms with Crippen LogP contribution in [0, 0.1) is 11.8 Å². The van der Waals surface area contributed by atoms with Crippen molar-refractivity contribution in [3.05, 3.63) is 18.1 Å². The van der Waals surface area contributed by atoms with Gasteiger partial charge in [-0.1, -0.05) is 25.7 Å². The summed E-state index contributed by atoms with van der Waals surface area (Å²) in [5.74, 6) is 5.80. The summed E-state index contributed by atoms with van der Waals surface area (Å²) < 4.78 is 1.83. The smallest absolute Gasteiger partial charge is 0.146 e. The van der Waals surface area contributed by atoms with Gasteiger partial charge in [-0.05, 0) is 0 Å². The van der Waals surface area contributed by atoms with Crippen LogP contribution in [0.3, 0.4) is 0 Å². The number of anilines is 1. The predicted octanol–water partition coefficient (Wildman–Crippen LogP) is 0.920. The first-order valence-corrected chi connectivity index (χ1v) is 5.39. The van der Waals surface area contributed by atoms with Crippen molar-refractivity contribution in [1.82, 2.24) is 14.5 Å². The fourth-order valence-corrected chi connectivity index (χ4v) is 1.46. The normalized spacial score (nSPS) is 9.18. The first-order chi connectivity index (χ1) is 8.24. The van der Waals surface area contributed by atoms with Crippen LogP contribution in [0.1, 0.15) is 19.4 Å². The van der Waals surface area contributed by atoms with Gasteiger partial charge >= 0.3 is 0 Å². The standard InChI is InChI=1S/C10H10N4O.C2H6/c1-14-5-7(3-2-4-15)8-9(11)12-6-13-10(8)14;1-2/h5-6,15H,4H2,1H3,(H2,11,12,13);1-2H3. The van der Waals surface area contributed by atoms with Crippen LogP contribution in [0.25, 0.3) is 11.0 Å². The summed E-state index contributed by atoms with van der Waals surface area (Å²) in [6, 6.07) is 0. The number of nitrogen functional groups attached to an aromatic ring is 1. The predicted molar refractivity (Wildman–Crippen MR) is 68.2 cm³/mol. The molecule has 17 heavy (non-hydrogen) atoms. The minimum Gasteiger partial charge on any atom is -0.384 e. The third-order valence-corrected chi connectivity index (χ3v) is 2.08. The fraction of sp³-hybridized carbons (Fsp3) is 0.333. The lowest BCUT2D eigenvalue weighted by atomic mass is 10.2. The number of aliphatic hydroxyl groups excluding tert-OH is 1. The lowest BCUT2D eigenvalue weighted by Crippen LogP contribution is -1.94.